The molecule has 1 aliphatic heterocycles. The van der Waals surface area contributed by atoms with Crippen molar-refractivity contribution in [2.24, 2.45) is 11.8 Å². The number of likely N-dealkylation sites (tertiary alicyclic amines) is 1. The third-order valence-electron chi connectivity index (χ3n) is 5.95. The summed E-state index contributed by atoms with van der Waals surface area (Å²) in [4.78, 5) is 6.79. The summed E-state index contributed by atoms with van der Waals surface area (Å²) in [5.74, 6) is 1.27. The molecule has 5 nitrogen and oxygen atoms in total. The van der Waals surface area contributed by atoms with Crippen LogP contribution in [-0.4, -0.2) is 44.2 Å². The van der Waals surface area contributed by atoms with Crippen molar-refractivity contribution in [1.82, 2.24) is 9.88 Å². The molecule has 27 heavy (non-hydrogen) atoms. The molecule has 6 heteroatoms. The number of hydrogen-bond acceptors (Lipinski definition) is 4. The van der Waals surface area contributed by atoms with Gasteiger partial charge in [-0.3, -0.25) is 14.6 Å². The number of fused-ring (bicyclic) bond motifs is 1. The minimum atomic E-state index is -3.25. The fraction of sp³-hybridized carbons (Fsp3) is 0.381. The number of aromatic nitrogens is 1. The van der Waals surface area contributed by atoms with Crippen LogP contribution >= 0.6 is 0 Å². The van der Waals surface area contributed by atoms with Crippen molar-refractivity contribution in [2.45, 2.75) is 12.3 Å². The van der Waals surface area contributed by atoms with Crippen molar-refractivity contribution in [3.63, 3.8) is 0 Å². The zero-order chi connectivity index (χ0) is 19.1. The van der Waals surface area contributed by atoms with E-state index in [2.05, 4.69) is 39.7 Å². The second-order valence-electron chi connectivity index (χ2n) is 7.83. The lowest BCUT2D eigenvalue weighted by molar-refractivity contribution is 0.305. The molecule has 1 N–H and O–H groups in total. The van der Waals surface area contributed by atoms with Crippen LogP contribution in [0.2, 0.25) is 0 Å². The Morgan fingerprint density at radius 3 is 2.67 bits per heavy atom. The molecular weight excluding hydrogens is 358 g/mol. The Bertz CT molecular complexity index is 944. The predicted octanol–water partition coefficient (Wildman–Crippen LogP) is 2.99. The number of anilines is 1. The maximum atomic E-state index is 11.5. The van der Waals surface area contributed by atoms with Gasteiger partial charge in [0, 0.05) is 36.9 Å². The van der Waals surface area contributed by atoms with Crippen LogP contribution in [0.15, 0.2) is 54.7 Å². The Hall–Kier alpha value is -2.18. The van der Waals surface area contributed by atoms with Gasteiger partial charge in [0.15, 0.2) is 0 Å². The van der Waals surface area contributed by atoms with E-state index >= 15 is 0 Å². The van der Waals surface area contributed by atoms with E-state index in [1.54, 1.807) is 6.07 Å². The molecule has 1 saturated carbocycles. The third-order valence-corrected chi connectivity index (χ3v) is 6.56. The number of piperidine rings is 1. The zero-order valence-corrected chi connectivity index (χ0v) is 16.5. The topological polar surface area (TPSA) is 62.3 Å². The molecule has 1 saturated heterocycles. The van der Waals surface area contributed by atoms with E-state index in [0.29, 0.717) is 17.5 Å². The highest BCUT2D eigenvalue weighted by Gasteiger charge is 2.65. The Labute approximate surface area is 161 Å². The molecule has 1 aromatic heterocycles. The van der Waals surface area contributed by atoms with E-state index in [1.807, 2.05) is 36.5 Å². The van der Waals surface area contributed by atoms with Gasteiger partial charge in [-0.15, -0.1) is 0 Å². The largest absolute Gasteiger partial charge is 0.299 e. The Kier molecular flexibility index (Phi) is 4.56. The van der Waals surface area contributed by atoms with E-state index in [0.717, 1.165) is 25.3 Å². The number of benzene rings is 1. The number of pyridine rings is 1. The van der Waals surface area contributed by atoms with Gasteiger partial charge in [0.2, 0.25) is 10.0 Å². The maximum absolute atomic E-state index is 11.5. The molecule has 0 spiro atoms. The number of sulfonamides is 1. The molecule has 1 aromatic carbocycles. The summed E-state index contributed by atoms with van der Waals surface area (Å²) < 4.78 is 25.6. The number of hydrogen-bond donors (Lipinski definition) is 1. The van der Waals surface area contributed by atoms with Crippen LogP contribution in [0.4, 0.5) is 5.69 Å². The summed E-state index contributed by atoms with van der Waals surface area (Å²) in [6, 6.07) is 13.8. The summed E-state index contributed by atoms with van der Waals surface area (Å²) in [5, 5.41) is 0. The number of rotatable bonds is 6. The first-order chi connectivity index (χ1) is 12.9. The minimum Gasteiger partial charge on any atom is -0.299 e. The molecule has 0 amide bonds. The first-order valence-corrected chi connectivity index (χ1v) is 11.1. The predicted molar refractivity (Wildman–Crippen MR) is 109 cm³/mol. The van der Waals surface area contributed by atoms with Crippen molar-refractivity contribution >= 4 is 21.8 Å². The average Bonchev–Trinajstić information content (AvgIpc) is 2.98. The van der Waals surface area contributed by atoms with Crippen LogP contribution in [0.5, 0.6) is 0 Å². The van der Waals surface area contributed by atoms with E-state index in [4.69, 9.17) is 0 Å². The molecule has 0 radical (unpaired) electrons. The normalized spacial score (nSPS) is 27.6. The van der Waals surface area contributed by atoms with E-state index in [9.17, 15) is 8.42 Å². The van der Waals surface area contributed by atoms with Crippen LogP contribution in [0, 0.1) is 11.8 Å². The molecule has 142 valence electrons. The van der Waals surface area contributed by atoms with Crippen molar-refractivity contribution in [1.29, 1.82) is 0 Å². The van der Waals surface area contributed by atoms with Gasteiger partial charge >= 0.3 is 0 Å². The number of nitrogens with one attached hydrogen (secondary N) is 1. The maximum Gasteiger partial charge on any atom is 0.229 e. The quantitative estimate of drug-likeness (QED) is 0.833. The van der Waals surface area contributed by atoms with Gasteiger partial charge in [-0.25, -0.2) is 8.42 Å². The molecule has 2 aliphatic rings. The Balaban J connectivity index is 1.37. The van der Waals surface area contributed by atoms with Crippen LogP contribution in [-0.2, 0) is 15.4 Å². The Morgan fingerprint density at radius 2 is 2.00 bits per heavy atom. The van der Waals surface area contributed by atoms with Crippen molar-refractivity contribution in [3.05, 3.63) is 66.0 Å². The van der Waals surface area contributed by atoms with E-state index < -0.39 is 10.0 Å². The average molecular weight is 384 g/mol. The van der Waals surface area contributed by atoms with E-state index in [1.165, 1.54) is 11.8 Å². The molecule has 2 fully saturated rings. The lowest BCUT2D eigenvalue weighted by atomic mass is 9.92. The summed E-state index contributed by atoms with van der Waals surface area (Å²) in [6.45, 7) is 5.41. The van der Waals surface area contributed by atoms with Gasteiger partial charge in [0.05, 0.1) is 11.9 Å². The molecule has 1 aliphatic carbocycles. The fourth-order valence-electron chi connectivity index (χ4n) is 4.47. The summed E-state index contributed by atoms with van der Waals surface area (Å²) in [7, 11) is -3.25. The highest BCUT2D eigenvalue weighted by molar-refractivity contribution is 7.92. The first kappa shape index (κ1) is 18.2. The van der Waals surface area contributed by atoms with Crippen LogP contribution in [0.1, 0.15) is 18.2 Å². The van der Waals surface area contributed by atoms with Gasteiger partial charge in [0.25, 0.3) is 0 Å². The zero-order valence-electron chi connectivity index (χ0n) is 15.7. The van der Waals surface area contributed by atoms with Gasteiger partial charge in [-0.1, -0.05) is 31.2 Å². The third kappa shape index (κ3) is 3.77. The van der Waals surface area contributed by atoms with Crippen LogP contribution in [0.3, 0.4) is 0 Å². The number of nitrogens with zero attached hydrogens (tertiary/aromatic N) is 2. The monoisotopic (exact) mass is 383 g/mol. The smallest absolute Gasteiger partial charge is 0.229 e. The minimum absolute atomic E-state index is 0.149. The van der Waals surface area contributed by atoms with Gasteiger partial charge < -0.3 is 0 Å². The molecule has 4 rings (SSSR count). The van der Waals surface area contributed by atoms with Gasteiger partial charge in [0.1, 0.15) is 0 Å². The van der Waals surface area contributed by atoms with Crippen LogP contribution < -0.4 is 4.72 Å². The van der Waals surface area contributed by atoms with Gasteiger partial charge in [-0.05, 0) is 47.7 Å². The molecule has 2 heterocycles. The van der Waals surface area contributed by atoms with Crippen molar-refractivity contribution < 1.29 is 8.42 Å². The lowest BCUT2D eigenvalue weighted by Gasteiger charge is -2.23. The molecule has 2 atom stereocenters. The summed E-state index contributed by atoms with van der Waals surface area (Å²) >= 11 is 0. The SMILES string of the molecule is CC1(c2cccc(NS(C)(=O)=O)c2)C2CN(C/C=C/c3ccccn3)CC21. The molecule has 2 unspecified atom stereocenters. The van der Waals surface area contributed by atoms with E-state index in [-0.39, 0.29) is 5.41 Å². The highest BCUT2D eigenvalue weighted by atomic mass is 32.2. The molecular formula is C21H25N3O2S. The highest BCUT2D eigenvalue weighted by Crippen LogP contribution is 2.63. The summed E-state index contributed by atoms with van der Waals surface area (Å²) in [6.07, 6.45) is 7.25. The standard InChI is InChI=1S/C21H25N3O2S/c1-21(16-7-5-9-18(13-16)23-27(2,25)26)19-14-24(15-20(19)21)12-6-10-17-8-3-4-11-22-17/h3-11,13,19-20,23H,12,14-15H2,1-2H3/b10-6+. The van der Waals surface area contributed by atoms with Crippen molar-refractivity contribution in [3.8, 4) is 0 Å². The molecule has 2 aromatic rings. The second kappa shape index (κ2) is 6.77. The summed E-state index contributed by atoms with van der Waals surface area (Å²) in [5.41, 5.74) is 3.02. The first-order valence-electron chi connectivity index (χ1n) is 9.24. The second-order valence-corrected chi connectivity index (χ2v) is 9.57. The fourth-order valence-corrected chi connectivity index (χ4v) is 5.02. The molecule has 0 bridgehead atoms. The lowest BCUT2D eigenvalue weighted by Crippen LogP contribution is -2.29. The van der Waals surface area contributed by atoms with Crippen LogP contribution in [0.25, 0.3) is 6.08 Å². The van der Waals surface area contributed by atoms with Crippen molar-refractivity contribution in [2.75, 3.05) is 30.6 Å². The Morgan fingerprint density at radius 1 is 1.22 bits per heavy atom. The van der Waals surface area contributed by atoms with Gasteiger partial charge in [-0.2, -0.15) is 0 Å².